The fraction of sp³-hybridized carbons (Fsp3) is 0.318. The number of carbonyl (C=O) groups is 1. The van der Waals surface area contributed by atoms with Gasteiger partial charge in [0.15, 0.2) is 11.3 Å². The summed E-state index contributed by atoms with van der Waals surface area (Å²) in [5, 5.41) is 20.4. The minimum Gasteiger partial charge on any atom is -0.371 e. The van der Waals surface area contributed by atoms with E-state index in [-0.39, 0.29) is 17.2 Å². The number of nitriles is 1. The molecule has 1 atom stereocenters. The van der Waals surface area contributed by atoms with E-state index in [1.54, 1.807) is 35.2 Å². The Morgan fingerprint density at radius 3 is 2.34 bits per heavy atom. The summed E-state index contributed by atoms with van der Waals surface area (Å²) >= 11 is 5.62. The zero-order chi connectivity index (χ0) is 23.3. The van der Waals surface area contributed by atoms with Crippen LogP contribution in [0.3, 0.4) is 0 Å². The number of benzene rings is 2. The summed E-state index contributed by atoms with van der Waals surface area (Å²) in [6, 6.07) is 11.8. The molecule has 166 valence electrons. The smallest absolute Gasteiger partial charge is 0.371 e. The summed E-state index contributed by atoms with van der Waals surface area (Å²) in [6.45, 7) is 0. The normalized spacial score (nSPS) is 19.7. The largest absolute Gasteiger partial charge is 0.417 e. The lowest BCUT2D eigenvalue weighted by molar-refractivity contribution is -0.137. The van der Waals surface area contributed by atoms with Gasteiger partial charge in [-0.1, -0.05) is 12.1 Å². The number of amides is 1. The van der Waals surface area contributed by atoms with Crippen molar-refractivity contribution in [3.05, 3.63) is 59.2 Å². The van der Waals surface area contributed by atoms with E-state index < -0.39 is 35.0 Å². The lowest BCUT2D eigenvalue weighted by atomic mass is 9.74. The van der Waals surface area contributed by atoms with Crippen molar-refractivity contribution in [2.24, 2.45) is 5.73 Å². The number of hydrogen-bond acceptors (Lipinski definition) is 4. The van der Waals surface area contributed by atoms with E-state index in [1.807, 2.05) is 0 Å². The molecule has 0 radical (unpaired) electrons. The Morgan fingerprint density at radius 2 is 1.84 bits per heavy atom. The molecule has 1 saturated carbocycles. The number of anilines is 2. The van der Waals surface area contributed by atoms with Crippen LogP contribution in [0, 0.1) is 11.3 Å². The van der Waals surface area contributed by atoms with Crippen molar-refractivity contribution in [2.45, 2.75) is 43.6 Å². The van der Waals surface area contributed by atoms with Crippen LogP contribution < -0.4 is 15.5 Å². The van der Waals surface area contributed by atoms with Gasteiger partial charge < -0.3 is 15.7 Å². The van der Waals surface area contributed by atoms with Crippen LogP contribution in [0.2, 0.25) is 0 Å². The zero-order valence-electron chi connectivity index (χ0n) is 16.8. The maximum Gasteiger partial charge on any atom is 0.417 e. The number of aliphatic hydroxyl groups is 1. The summed E-state index contributed by atoms with van der Waals surface area (Å²) in [4.78, 5) is 14.2. The molecule has 2 aromatic carbocycles. The molecule has 1 amide bonds. The van der Waals surface area contributed by atoms with Crippen LogP contribution in [0.15, 0.2) is 42.5 Å². The van der Waals surface area contributed by atoms with E-state index in [2.05, 4.69) is 0 Å². The lowest BCUT2D eigenvalue weighted by Gasteiger charge is -2.46. The number of thiocarbonyl (C=S) groups is 1. The number of carbonyl (C=O) groups excluding carboxylic acids is 1. The molecule has 0 aromatic heterocycles. The highest BCUT2D eigenvalue weighted by molar-refractivity contribution is 7.80. The molecule has 2 aliphatic rings. The van der Waals surface area contributed by atoms with Crippen molar-refractivity contribution in [3.63, 3.8) is 0 Å². The van der Waals surface area contributed by atoms with Gasteiger partial charge in [0, 0.05) is 11.4 Å². The Labute approximate surface area is 187 Å². The number of aliphatic hydroxyl groups excluding tert-OH is 1. The molecular formula is C22H19F3N4O2S. The molecule has 1 heterocycles. The van der Waals surface area contributed by atoms with Crippen LogP contribution in [0.4, 0.5) is 24.5 Å². The Morgan fingerprint density at radius 1 is 1.22 bits per heavy atom. The van der Waals surface area contributed by atoms with Gasteiger partial charge in [0.25, 0.3) is 0 Å². The van der Waals surface area contributed by atoms with Gasteiger partial charge >= 0.3 is 6.18 Å². The summed E-state index contributed by atoms with van der Waals surface area (Å²) in [7, 11) is 0. The molecule has 6 nitrogen and oxygen atoms in total. The average Bonchev–Trinajstić information content (AvgIpc) is 2.94. The van der Waals surface area contributed by atoms with Crippen LogP contribution in [0.25, 0.3) is 0 Å². The molecule has 1 saturated heterocycles. The minimum atomic E-state index is -4.72. The molecule has 1 aliphatic heterocycles. The quantitative estimate of drug-likeness (QED) is 0.679. The number of alkyl halides is 3. The number of primary amides is 1. The maximum absolute atomic E-state index is 13.5. The molecule has 1 unspecified atom stereocenters. The third kappa shape index (κ3) is 3.47. The molecule has 1 aliphatic carbocycles. The monoisotopic (exact) mass is 460 g/mol. The highest BCUT2D eigenvalue weighted by Gasteiger charge is 2.59. The highest BCUT2D eigenvalue weighted by Crippen LogP contribution is 2.50. The molecule has 10 heteroatoms. The maximum atomic E-state index is 13.5. The number of nitrogens with two attached hydrogens (primary N) is 1. The highest BCUT2D eigenvalue weighted by atomic mass is 32.1. The fourth-order valence-electron chi connectivity index (χ4n) is 4.38. The van der Waals surface area contributed by atoms with Crippen LogP contribution >= 0.6 is 12.2 Å². The lowest BCUT2D eigenvalue weighted by Crippen LogP contribution is -2.57. The minimum absolute atomic E-state index is 0.0629. The Kier molecular flexibility index (Phi) is 5.35. The van der Waals surface area contributed by atoms with Crippen molar-refractivity contribution in [1.29, 1.82) is 5.26 Å². The van der Waals surface area contributed by atoms with Gasteiger partial charge in [-0.15, -0.1) is 0 Å². The molecule has 4 rings (SSSR count). The summed E-state index contributed by atoms with van der Waals surface area (Å²) in [5.41, 5.74) is 4.33. The second-order valence-corrected chi connectivity index (χ2v) is 8.33. The van der Waals surface area contributed by atoms with Crippen molar-refractivity contribution >= 4 is 34.6 Å². The van der Waals surface area contributed by atoms with E-state index in [0.717, 1.165) is 18.6 Å². The SMILES string of the molecule is N#Cc1ccc(N2C(=S)N(c3ccc(CC(N)=O)cc3)C3(CCC3)C2O)cc1C(F)(F)F. The predicted molar refractivity (Wildman–Crippen MR) is 116 cm³/mol. The molecule has 2 aromatic rings. The summed E-state index contributed by atoms with van der Waals surface area (Å²) < 4.78 is 40.5. The van der Waals surface area contributed by atoms with E-state index in [4.69, 9.17) is 23.2 Å². The van der Waals surface area contributed by atoms with E-state index in [0.29, 0.717) is 24.1 Å². The second kappa shape index (κ2) is 7.76. The first-order chi connectivity index (χ1) is 15.1. The van der Waals surface area contributed by atoms with Crippen molar-refractivity contribution < 1.29 is 23.1 Å². The Bertz CT molecular complexity index is 1120. The number of hydrogen-bond donors (Lipinski definition) is 2. The van der Waals surface area contributed by atoms with Crippen molar-refractivity contribution in [3.8, 4) is 6.07 Å². The van der Waals surface area contributed by atoms with Crippen molar-refractivity contribution in [1.82, 2.24) is 0 Å². The molecular weight excluding hydrogens is 441 g/mol. The number of halogens is 3. The predicted octanol–water partition coefficient (Wildman–Crippen LogP) is 3.46. The van der Waals surface area contributed by atoms with E-state index in [1.165, 1.54) is 11.0 Å². The average molecular weight is 460 g/mol. The van der Waals surface area contributed by atoms with Gasteiger partial charge in [-0.05, 0) is 67.4 Å². The molecule has 3 N–H and O–H groups in total. The van der Waals surface area contributed by atoms with E-state index >= 15 is 0 Å². The van der Waals surface area contributed by atoms with Crippen LogP contribution in [-0.2, 0) is 17.4 Å². The molecule has 0 bridgehead atoms. The van der Waals surface area contributed by atoms with Crippen molar-refractivity contribution in [2.75, 3.05) is 9.80 Å². The van der Waals surface area contributed by atoms with E-state index in [9.17, 15) is 23.1 Å². The third-order valence-corrected chi connectivity index (χ3v) is 6.45. The summed E-state index contributed by atoms with van der Waals surface area (Å²) in [5.74, 6) is -0.465. The first kappa shape index (κ1) is 22.0. The Hall–Kier alpha value is -3.16. The second-order valence-electron chi connectivity index (χ2n) is 7.97. The van der Waals surface area contributed by atoms with Crippen LogP contribution in [-0.4, -0.2) is 27.9 Å². The van der Waals surface area contributed by atoms with Crippen LogP contribution in [0.1, 0.15) is 36.0 Å². The fourth-order valence-corrected chi connectivity index (χ4v) is 4.87. The number of nitrogens with zero attached hydrogens (tertiary/aromatic N) is 3. The number of rotatable bonds is 4. The molecule has 32 heavy (non-hydrogen) atoms. The third-order valence-electron chi connectivity index (χ3n) is 6.07. The molecule has 2 fully saturated rings. The van der Waals surface area contributed by atoms with Gasteiger partial charge in [-0.25, -0.2) is 0 Å². The van der Waals surface area contributed by atoms with Gasteiger partial charge in [0.2, 0.25) is 5.91 Å². The topological polar surface area (TPSA) is 93.6 Å². The van der Waals surface area contributed by atoms with Gasteiger partial charge in [0.05, 0.1) is 29.2 Å². The van der Waals surface area contributed by atoms with Gasteiger partial charge in [-0.2, -0.15) is 18.4 Å². The first-order valence-corrected chi connectivity index (χ1v) is 10.3. The first-order valence-electron chi connectivity index (χ1n) is 9.88. The molecule has 1 spiro atoms. The van der Waals surface area contributed by atoms with Crippen LogP contribution in [0.5, 0.6) is 0 Å². The van der Waals surface area contributed by atoms with Gasteiger partial charge in [-0.3, -0.25) is 9.69 Å². The standard InChI is InChI=1S/C22H19F3N4O2S/c23-22(24,25)17-11-16(7-4-14(17)12-26)28-19(31)21(8-1-9-21)29(20(28)32)15-5-2-13(3-6-15)10-18(27)30/h2-7,11,19,31H,1,8-10H2,(H2,27,30). The van der Waals surface area contributed by atoms with Gasteiger partial charge in [0.1, 0.15) is 0 Å². The zero-order valence-corrected chi connectivity index (χ0v) is 17.6. The Balaban J connectivity index is 1.75. The summed E-state index contributed by atoms with van der Waals surface area (Å²) in [6.07, 6.45) is -3.76.